The third kappa shape index (κ3) is 4.26. The molecule has 0 saturated carbocycles. The van der Waals surface area contributed by atoms with Crippen LogP contribution < -0.4 is 16.2 Å². The number of rotatable bonds is 7. The molecule has 0 radical (unpaired) electrons. The third-order valence-electron chi connectivity index (χ3n) is 3.11. The van der Waals surface area contributed by atoms with Gasteiger partial charge in [-0.25, -0.2) is 0 Å². The minimum atomic E-state index is -0.415. The molecule has 0 saturated heterocycles. The van der Waals surface area contributed by atoms with Crippen LogP contribution in [0.25, 0.3) is 11.4 Å². The molecule has 0 aromatic carbocycles. The fraction of sp³-hybridized carbons (Fsp3) is 0.312. The summed E-state index contributed by atoms with van der Waals surface area (Å²) in [6.07, 6.45) is 2.69. The highest BCUT2D eigenvalue weighted by molar-refractivity contribution is 5.94. The number of carbonyl (C=O) groups excluding carboxylic acids is 1. The highest BCUT2D eigenvalue weighted by Crippen LogP contribution is 2.11. The maximum atomic E-state index is 12.0. The van der Waals surface area contributed by atoms with Crippen molar-refractivity contribution in [2.75, 3.05) is 19.6 Å². The van der Waals surface area contributed by atoms with Crippen molar-refractivity contribution in [1.82, 2.24) is 20.6 Å². The molecular formula is C16H20N4O2. The van der Waals surface area contributed by atoms with Crippen molar-refractivity contribution in [3.63, 3.8) is 0 Å². The van der Waals surface area contributed by atoms with Crippen LogP contribution in [0.15, 0.2) is 41.3 Å². The van der Waals surface area contributed by atoms with Crippen LogP contribution in [0.1, 0.15) is 23.7 Å². The van der Waals surface area contributed by atoms with Gasteiger partial charge in [0, 0.05) is 19.3 Å². The average molecular weight is 300 g/mol. The summed E-state index contributed by atoms with van der Waals surface area (Å²) >= 11 is 0. The van der Waals surface area contributed by atoms with Gasteiger partial charge in [0.25, 0.3) is 11.5 Å². The first-order valence-corrected chi connectivity index (χ1v) is 7.36. The van der Waals surface area contributed by atoms with Crippen LogP contribution in [0.5, 0.6) is 0 Å². The van der Waals surface area contributed by atoms with E-state index < -0.39 is 5.56 Å². The standard InChI is InChI=1S/C16H20N4O2/c1-2-8-17-10-11-19-15(21)12-6-7-14(20-16(12)22)13-5-3-4-9-18-13/h3-7,9,17H,2,8,10-11H2,1H3,(H,19,21)(H,20,22). The van der Waals surface area contributed by atoms with E-state index >= 15 is 0 Å². The Balaban J connectivity index is 2.01. The molecule has 22 heavy (non-hydrogen) atoms. The summed E-state index contributed by atoms with van der Waals surface area (Å²) in [6, 6.07) is 8.65. The largest absolute Gasteiger partial charge is 0.351 e. The predicted molar refractivity (Wildman–Crippen MR) is 85.8 cm³/mol. The number of nitrogens with zero attached hydrogens (tertiary/aromatic N) is 1. The summed E-state index contributed by atoms with van der Waals surface area (Å²) in [6.45, 7) is 4.16. The van der Waals surface area contributed by atoms with Gasteiger partial charge in [-0.05, 0) is 37.2 Å². The van der Waals surface area contributed by atoms with Gasteiger partial charge in [-0.2, -0.15) is 0 Å². The molecule has 116 valence electrons. The van der Waals surface area contributed by atoms with Gasteiger partial charge >= 0.3 is 0 Å². The molecule has 2 rings (SSSR count). The number of H-pyrrole nitrogens is 1. The van der Waals surface area contributed by atoms with E-state index in [2.05, 4.69) is 27.5 Å². The second-order valence-electron chi connectivity index (χ2n) is 4.84. The molecule has 0 aliphatic rings. The summed E-state index contributed by atoms with van der Waals surface area (Å²) in [5, 5.41) is 5.90. The van der Waals surface area contributed by atoms with Crippen molar-refractivity contribution < 1.29 is 4.79 Å². The van der Waals surface area contributed by atoms with Crippen molar-refractivity contribution in [1.29, 1.82) is 0 Å². The van der Waals surface area contributed by atoms with Gasteiger partial charge in [-0.3, -0.25) is 14.6 Å². The summed E-state index contributed by atoms with van der Waals surface area (Å²) < 4.78 is 0. The van der Waals surface area contributed by atoms with Crippen LogP contribution in [-0.2, 0) is 0 Å². The Morgan fingerprint density at radius 3 is 2.73 bits per heavy atom. The van der Waals surface area contributed by atoms with Gasteiger partial charge in [0.05, 0.1) is 11.4 Å². The number of hydrogen-bond acceptors (Lipinski definition) is 4. The fourth-order valence-corrected chi connectivity index (χ4v) is 1.99. The topological polar surface area (TPSA) is 86.9 Å². The van der Waals surface area contributed by atoms with Crippen LogP contribution in [0.2, 0.25) is 0 Å². The summed E-state index contributed by atoms with van der Waals surface area (Å²) in [5.74, 6) is -0.368. The zero-order valence-corrected chi connectivity index (χ0v) is 12.6. The number of nitrogens with one attached hydrogen (secondary N) is 3. The smallest absolute Gasteiger partial charge is 0.261 e. The lowest BCUT2D eigenvalue weighted by molar-refractivity contribution is 0.0952. The second-order valence-corrected chi connectivity index (χ2v) is 4.84. The Bertz CT molecular complexity index is 667. The van der Waals surface area contributed by atoms with Gasteiger partial charge in [0.15, 0.2) is 0 Å². The molecule has 0 aliphatic carbocycles. The van der Waals surface area contributed by atoms with Crippen LogP contribution in [0.4, 0.5) is 0 Å². The van der Waals surface area contributed by atoms with Gasteiger partial charge < -0.3 is 15.6 Å². The first-order chi connectivity index (χ1) is 10.7. The van der Waals surface area contributed by atoms with Crippen LogP contribution >= 0.6 is 0 Å². The van der Waals surface area contributed by atoms with Crippen LogP contribution in [0.3, 0.4) is 0 Å². The zero-order valence-electron chi connectivity index (χ0n) is 12.6. The lowest BCUT2D eigenvalue weighted by Crippen LogP contribution is -2.34. The van der Waals surface area contributed by atoms with E-state index in [0.29, 0.717) is 24.5 Å². The Morgan fingerprint density at radius 2 is 2.05 bits per heavy atom. The highest BCUT2D eigenvalue weighted by atomic mass is 16.2. The number of pyridine rings is 2. The van der Waals surface area contributed by atoms with Crippen molar-refractivity contribution in [3.8, 4) is 11.4 Å². The minimum Gasteiger partial charge on any atom is -0.351 e. The Hall–Kier alpha value is -2.47. The van der Waals surface area contributed by atoms with Gasteiger partial charge in [-0.1, -0.05) is 13.0 Å². The number of amides is 1. The molecule has 0 spiro atoms. The lowest BCUT2D eigenvalue weighted by atomic mass is 10.2. The summed E-state index contributed by atoms with van der Waals surface area (Å²) in [5.41, 5.74) is 0.944. The highest BCUT2D eigenvalue weighted by Gasteiger charge is 2.11. The van der Waals surface area contributed by atoms with E-state index in [1.807, 2.05) is 6.07 Å². The van der Waals surface area contributed by atoms with E-state index in [1.54, 1.807) is 24.4 Å². The molecule has 6 heteroatoms. The first kappa shape index (κ1) is 15.9. The molecule has 6 nitrogen and oxygen atoms in total. The molecule has 0 bridgehead atoms. The SMILES string of the molecule is CCCNCCNC(=O)c1ccc(-c2ccccn2)[nH]c1=O. The molecule has 0 aliphatic heterocycles. The number of hydrogen-bond donors (Lipinski definition) is 3. The van der Waals surface area contributed by atoms with Crippen molar-refractivity contribution in [3.05, 3.63) is 52.4 Å². The molecule has 2 heterocycles. The lowest BCUT2D eigenvalue weighted by Gasteiger charge is -2.06. The van der Waals surface area contributed by atoms with Gasteiger partial charge in [0.1, 0.15) is 5.56 Å². The molecule has 0 fully saturated rings. The zero-order chi connectivity index (χ0) is 15.8. The van der Waals surface area contributed by atoms with E-state index in [-0.39, 0.29) is 11.5 Å². The average Bonchev–Trinajstić information content (AvgIpc) is 2.55. The maximum Gasteiger partial charge on any atom is 0.261 e. The Labute approximate surface area is 129 Å². The molecule has 1 amide bonds. The Kier molecular flexibility index (Phi) is 5.85. The molecule has 0 atom stereocenters. The molecular weight excluding hydrogens is 280 g/mol. The van der Waals surface area contributed by atoms with Gasteiger partial charge in [-0.15, -0.1) is 0 Å². The second kappa shape index (κ2) is 8.09. The first-order valence-electron chi connectivity index (χ1n) is 7.36. The quantitative estimate of drug-likeness (QED) is 0.670. The van der Waals surface area contributed by atoms with Crippen molar-refractivity contribution in [2.45, 2.75) is 13.3 Å². The summed E-state index contributed by atoms with van der Waals surface area (Å²) in [4.78, 5) is 30.9. The minimum absolute atomic E-state index is 0.107. The summed E-state index contributed by atoms with van der Waals surface area (Å²) in [7, 11) is 0. The fourth-order valence-electron chi connectivity index (χ4n) is 1.99. The number of aromatic amines is 1. The molecule has 0 unspecified atom stereocenters. The van der Waals surface area contributed by atoms with Crippen molar-refractivity contribution in [2.24, 2.45) is 0 Å². The number of carbonyl (C=O) groups is 1. The van der Waals surface area contributed by atoms with Crippen molar-refractivity contribution >= 4 is 5.91 Å². The Morgan fingerprint density at radius 1 is 1.18 bits per heavy atom. The van der Waals surface area contributed by atoms with E-state index in [9.17, 15) is 9.59 Å². The van der Waals surface area contributed by atoms with Crippen LogP contribution in [-0.4, -0.2) is 35.5 Å². The van der Waals surface area contributed by atoms with E-state index in [0.717, 1.165) is 13.0 Å². The molecule has 2 aromatic rings. The number of aromatic nitrogens is 2. The monoisotopic (exact) mass is 300 g/mol. The molecule has 3 N–H and O–H groups in total. The van der Waals surface area contributed by atoms with Crippen LogP contribution in [0, 0.1) is 0 Å². The third-order valence-corrected chi connectivity index (χ3v) is 3.11. The van der Waals surface area contributed by atoms with Gasteiger partial charge in [0.2, 0.25) is 0 Å². The maximum absolute atomic E-state index is 12.0. The predicted octanol–water partition coefficient (Wildman–Crippen LogP) is 1.17. The normalized spacial score (nSPS) is 10.4. The van der Waals surface area contributed by atoms with E-state index in [4.69, 9.17) is 0 Å². The molecule has 2 aromatic heterocycles. The van der Waals surface area contributed by atoms with E-state index in [1.165, 1.54) is 6.07 Å².